The van der Waals surface area contributed by atoms with Crippen molar-refractivity contribution in [1.82, 2.24) is 4.23 Å². The second-order valence-corrected chi connectivity index (χ2v) is 14.1. The molecule has 1 nitrogen and oxygen atoms in total. The van der Waals surface area contributed by atoms with Gasteiger partial charge in [-0.3, -0.25) is 0 Å². The molecule has 0 bridgehead atoms. The first-order valence-electron chi connectivity index (χ1n) is 9.45. The lowest BCUT2D eigenvalue weighted by Gasteiger charge is -2.44. The van der Waals surface area contributed by atoms with Gasteiger partial charge in [0.25, 0.3) is 0 Å². The molecule has 0 N–H and O–H groups in total. The summed E-state index contributed by atoms with van der Waals surface area (Å²) in [5.41, 5.74) is 6.45. The Hall–Kier alpha value is -1.28. The monoisotopic (exact) mass is 341 g/mol. The summed E-state index contributed by atoms with van der Waals surface area (Å²) in [7, 11) is -1.71. The Morgan fingerprint density at radius 3 is 2.00 bits per heavy atom. The highest BCUT2D eigenvalue weighted by Crippen LogP contribution is 2.44. The predicted octanol–water partition coefficient (Wildman–Crippen LogP) is 7.17. The summed E-state index contributed by atoms with van der Waals surface area (Å²) < 4.78 is 2.75. The lowest BCUT2D eigenvalue weighted by atomic mass is 10.1. The quantitative estimate of drug-likeness (QED) is 0.387. The Balaban J connectivity index is 2.77. The molecule has 0 saturated carbocycles. The highest BCUT2D eigenvalue weighted by Gasteiger charge is 2.45. The number of aromatic nitrogens is 1. The van der Waals surface area contributed by atoms with E-state index in [4.69, 9.17) is 0 Å². The first kappa shape index (κ1) is 19.0. The van der Waals surface area contributed by atoms with Crippen LogP contribution in [0.4, 0.5) is 0 Å². The molecule has 0 saturated heterocycles. The van der Waals surface area contributed by atoms with E-state index in [1.807, 2.05) is 0 Å². The molecule has 1 aromatic carbocycles. The number of hydrogen-bond donors (Lipinski definition) is 0. The van der Waals surface area contributed by atoms with Gasteiger partial charge in [-0.25, -0.2) is 0 Å². The molecule has 2 rings (SSSR count). The van der Waals surface area contributed by atoms with Crippen LogP contribution in [-0.2, 0) is 6.42 Å². The maximum atomic E-state index is 2.75. The Bertz CT molecular complexity index is 693. The zero-order valence-electron chi connectivity index (χ0n) is 16.9. The van der Waals surface area contributed by atoms with Crippen molar-refractivity contribution >= 4 is 19.1 Å². The van der Waals surface area contributed by atoms with Gasteiger partial charge in [0.2, 0.25) is 0 Å². The average molecular weight is 342 g/mol. The minimum atomic E-state index is -1.71. The molecule has 2 aromatic rings. The molecule has 0 atom stereocenters. The Kier molecular flexibility index (Phi) is 5.80. The van der Waals surface area contributed by atoms with Gasteiger partial charge >= 0.3 is 0 Å². The lowest BCUT2D eigenvalue weighted by molar-refractivity contribution is 0.772. The fourth-order valence-electron chi connectivity index (χ4n) is 4.88. The fraction of sp³-hybridized carbons (Fsp3) is 0.545. The van der Waals surface area contributed by atoms with Crippen LogP contribution in [0.2, 0.25) is 16.6 Å². The summed E-state index contributed by atoms with van der Waals surface area (Å²) in [6.45, 7) is 19.0. The molecule has 0 unspecified atom stereocenters. The van der Waals surface area contributed by atoms with E-state index in [0.717, 1.165) is 6.42 Å². The van der Waals surface area contributed by atoms with Gasteiger partial charge in [-0.05, 0) is 54.7 Å². The van der Waals surface area contributed by atoms with Gasteiger partial charge in [-0.2, -0.15) is 0 Å². The Labute approximate surface area is 149 Å². The van der Waals surface area contributed by atoms with Crippen LogP contribution in [0, 0.1) is 0 Å². The van der Waals surface area contributed by atoms with Crippen molar-refractivity contribution in [2.75, 3.05) is 0 Å². The number of para-hydroxylation sites is 1. The van der Waals surface area contributed by atoms with Crippen molar-refractivity contribution in [2.24, 2.45) is 0 Å². The molecular weight excluding hydrogens is 306 g/mol. The van der Waals surface area contributed by atoms with Crippen LogP contribution in [0.1, 0.15) is 61.0 Å². The summed E-state index contributed by atoms with van der Waals surface area (Å²) >= 11 is 0. The highest BCUT2D eigenvalue weighted by atomic mass is 28.3. The first-order valence-corrected chi connectivity index (χ1v) is 11.6. The number of benzene rings is 1. The maximum Gasteiger partial charge on any atom is 0.169 e. The van der Waals surface area contributed by atoms with Gasteiger partial charge in [-0.1, -0.05) is 71.4 Å². The molecule has 0 fully saturated rings. The zero-order valence-corrected chi connectivity index (χ0v) is 17.9. The molecule has 0 aliphatic rings. The van der Waals surface area contributed by atoms with Crippen molar-refractivity contribution in [2.45, 2.75) is 78.4 Å². The molecule has 0 aliphatic heterocycles. The highest BCUT2D eigenvalue weighted by molar-refractivity contribution is 6.82. The average Bonchev–Trinajstić information content (AvgIpc) is 2.84. The van der Waals surface area contributed by atoms with Gasteiger partial charge in [0.15, 0.2) is 8.24 Å². The lowest BCUT2D eigenvalue weighted by Crippen LogP contribution is -2.51. The molecule has 1 heterocycles. The number of nitrogens with zero attached hydrogens (tertiary/aromatic N) is 1. The van der Waals surface area contributed by atoms with Crippen LogP contribution in [0.3, 0.4) is 0 Å². The van der Waals surface area contributed by atoms with Crippen LogP contribution in [-0.4, -0.2) is 12.5 Å². The van der Waals surface area contributed by atoms with E-state index < -0.39 is 8.24 Å². The van der Waals surface area contributed by atoms with E-state index in [0.29, 0.717) is 16.6 Å². The predicted molar refractivity (Wildman–Crippen MR) is 112 cm³/mol. The van der Waals surface area contributed by atoms with Crippen LogP contribution < -0.4 is 0 Å². The molecule has 0 aliphatic carbocycles. The van der Waals surface area contributed by atoms with Crippen LogP contribution in [0.15, 0.2) is 42.1 Å². The zero-order chi connectivity index (χ0) is 18.1. The van der Waals surface area contributed by atoms with Gasteiger partial charge in [0.1, 0.15) is 0 Å². The van der Waals surface area contributed by atoms with Crippen LogP contribution >= 0.6 is 0 Å². The minimum Gasteiger partial charge on any atom is -0.373 e. The van der Waals surface area contributed by atoms with Crippen molar-refractivity contribution in [3.8, 4) is 0 Å². The summed E-state index contributed by atoms with van der Waals surface area (Å²) in [6.07, 6.45) is 5.89. The third-order valence-electron chi connectivity index (χ3n) is 5.72. The maximum absolute atomic E-state index is 2.75. The topological polar surface area (TPSA) is 4.93 Å². The van der Waals surface area contributed by atoms with Crippen molar-refractivity contribution in [3.05, 3.63) is 47.7 Å². The van der Waals surface area contributed by atoms with Crippen molar-refractivity contribution in [1.29, 1.82) is 0 Å². The third kappa shape index (κ3) is 3.13. The van der Waals surface area contributed by atoms with Crippen LogP contribution in [0.5, 0.6) is 0 Å². The summed E-state index contributed by atoms with van der Waals surface area (Å²) in [5, 5.41) is 1.44. The Morgan fingerprint density at radius 1 is 0.958 bits per heavy atom. The normalized spacial score (nSPS) is 12.6. The molecule has 0 radical (unpaired) electrons. The van der Waals surface area contributed by atoms with E-state index in [-0.39, 0.29) is 0 Å². The summed E-state index contributed by atoms with van der Waals surface area (Å²) in [5.74, 6) is 0. The van der Waals surface area contributed by atoms with E-state index in [1.165, 1.54) is 22.0 Å². The van der Waals surface area contributed by atoms with Gasteiger partial charge < -0.3 is 4.23 Å². The van der Waals surface area contributed by atoms with Gasteiger partial charge in [-0.15, -0.1) is 0 Å². The van der Waals surface area contributed by atoms with E-state index in [9.17, 15) is 0 Å². The largest absolute Gasteiger partial charge is 0.373 e. The van der Waals surface area contributed by atoms with Crippen molar-refractivity contribution in [3.63, 3.8) is 0 Å². The number of rotatable bonds is 6. The second-order valence-electron chi connectivity index (χ2n) is 8.38. The Morgan fingerprint density at radius 2 is 1.50 bits per heavy atom. The molecule has 0 amide bonds. The number of hydrogen-bond acceptors (Lipinski definition) is 0. The van der Waals surface area contributed by atoms with Gasteiger partial charge in [0, 0.05) is 10.9 Å². The molecule has 132 valence electrons. The van der Waals surface area contributed by atoms with E-state index >= 15 is 0 Å². The smallest absolute Gasteiger partial charge is 0.169 e. The molecular formula is C22H35NSi. The summed E-state index contributed by atoms with van der Waals surface area (Å²) in [6, 6.07) is 9.02. The van der Waals surface area contributed by atoms with E-state index in [1.54, 1.807) is 0 Å². The molecule has 1 aromatic heterocycles. The minimum absolute atomic E-state index is 0.713. The number of fused-ring (bicyclic) bond motifs is 1. The number of allylic oxidation sites excluding steroid dienone is 2. The molecule has 0 spiro atoms. The first-order chi connectivity index (χ1) is 11.2. The summed E-state index contributed by atoms with van der Waals surface area (Å²) in [4.78, 5) is 0. The van der Waals surface area contributed by atoms with Gasteiger partial charge in [0.05, 0.1) is 0 Å². The molecule has 2 heteroatoms. The third-order valence-corrected chi connectivity index (χ3v) is 12.5. The SMILES string of the molecule is CC(C)=CCc1cn([Si](C(C)C)(C(C)C)C(C)C)c2ccccc12. The molecule has 24 heavy (non-hydrogen) atoms. The van der Waals surface area contributed by atoms with Crippen LogP contribution in [0.25, 0.3) is 10.9 Å². The fourth-order valence-corrected chi connectivity index (χ4v) is 11.5. The standard InChI is InChI=1S/C22H35NSi/c1-16(2)13-14-20-15-23(22-12-10-9-11-21(20)22)24(17(3)4,18(5)6)19(7)8/h9-13,15,17-19H,14H2,1-8H3. The van der Waals surface area contributed by atoms with Crippen molar-refractivity contribution < 1.29 is 0 Å². The second kappa shape index (κ2) is 7.31. The van der Waals surface area contributed by atoms with E-state index in [2.05, 4.69) is 96.2 Å².